The Morgan fingerprint density at radius 3 is 2.21 bits per heavy atom. The number of alkyl halides is 3. The molecule has 0 saturated carbocycles. The van der Waals surface area contributed by atoms with Crippen LogP contribution < -0.4 is 5.32 Å². The van der Waals surface area contributed by atoms with Gasteiger partial charge in [-0.3, -0.25) is 14.7 Å². The molecule has 2 fully saturated rings. The Labute approximate surface area is 189 Å². The van der Waals surface area contributed by atoms with E-state index < -0.39 is 12.6 Å². The Morgan fingerprint density at radius 2 is 1.66 bits per heavy atom. The van der Waals surface area contributed by atoms with Gasteiger partial charge in [0.25, 0.3) is 0 Å². The molecule has 0 aromatic carbocycles. The molecule has 0 aromatic rings. The number of guanidine groups is 1. The lowest BCUT2D eigenvalue weighted by Crippen LogP contribution is -2.57. The summed E-state index contributed by atoms with van der Waals surface area (Å²) < 4.78 is 36.7. The molecule has 0 radical (unpaired) electrons. The fourth-order valence-corrected chi connectivity index (χ4v) is 3.73. The maximum Gasteiger partial charge on any atom is 0.389 e. The van der Waals surface area contributed by atoms with Crippen LogP contribution in [0.25, 0.3) is 0 Å². The second-order valence-corrected chi connectivity index (χ2v) is 7.54. The van der Waals surface area contributed by atoms with E-state index in [1.165, 1.54) is 0 Å². The van der Waals surface area contributed by atoms with Gasteiger partial charge in [0.15, 0.2) is 5.96 Å². The summed E-state index contributed by atoms with van der Waals surface area (Å²) in [6, 6.07) is -0.109. The molecular weight excluding hydrogens is 498 g/mol. The SMILES string of the molecule is CCNC(=NCCCCC(F)(F)F)N1CCN(C(C)C(=O)N2CCCC2)CC1.I. The van der Waals surface area contributed by atoms with Crippen LogP contribution in [0.3, 0.4) is 0 Å². The van der Waals surface area contributed by atoms with Gasteiger partial charge in [-0.25, -0.2) is 0 Å². The van der Waals surface area contributed by atoms with Crippen LogP contribution in [0.1, 0.15) is 46.0 Å². The van der Waals surface area contributed by atoms with E-state index in [0.717, 1.165) is 58.1 Å². The smallest absolute Gasteiger partial charge is 0.357 e. The number of likely N-dealkylation sites (tertiary alicyclic amines) is 1. The number of unbranched alkanes of at least 4 members (excludes halogenated alkanes) is 1. The number of hydrogen-bond donors (Lipinski definition) is 1. The average molecular weight is 533 g/mol. The van der Waals surface area contributed by atoms with Gasteiger partial charge in [0.05, 0.1) is 6.04 Å². The van der Waals surface area contributed by atoms with E-state index in [1.807, 2.05) is 18.7 Å². The molecule has 1 amide bonds. The van der Waals surface area contributed by atoms with E-state index >= 15 is 0 Å². The van der Waals surface area contributed by atoms with Crippen LogP contribution in [-0.2, 0) is 4.79 Å². The quantitative estimate of drug-likeness (QED) is 0.237. The van der Waals surface area contributed by atoms with E-state index in [4.69, 9.17) is 0 Å². The molecule has 2 aliphatic heterocycles. The summed E-state index contributed by atoms with van der Waals surface area (Å²) >= 11 is 0. The highest BCUT2D eigenvalue weighted by molar-refractivity contribution is 14.0. The zero-order valence-electron chi connectivity index (χ0n) is 17.5. The van der Waals surface area contributed by atoms with Crippen molar-refractivity contribution in [2.24, 2.45) is 4.99 Å². The average Bonchev–Trinajstić information content (AvgIpc) is 3.20. The Morgan fingerprint density at radius 1 is 1.03 bits per heavy atom. The van der Waals surface area contributed by atoms with Crippen molar-refractivity contribution in [3.8, 4) is 0 Å². The van der Waals surface area contributed by atoms with Crippen LogP contribution in [0.2, 0.25) is 0 Å². The van der Waals surface area contributed by atoms with Crippen LogP contribution in [0.4, 0.5) is 13.2 Å². The van der Waals surface area contributed by atoms with Gasteiger partial charge >= 0.3 is 6.18 Å². The molecule has 2 aliphatic rings. The number of nitrogens with one attached hydrogen (secondary N) is 1. The molecule has 0 aliphatic carbocycles. The molecule has 1 unspecified atom stereocenters. The summed E-state index contributed by atoms with van der Waals surface area (Å²) in [4.78, 5) is 23.4. The summed E-state index contributed by atoms with van der Waals surface area (Å²) in [5, 5.41) is 3.23. The van der Waals surface area contributed by atoms with Crippen LogP contribution in [0, 0.1) is 0 Å². The summed E-state index contributed by atoms with van der Waals surface area (Å²) in [6.07, 6.45) is -2.12. The molecule has 2 saturated heterocycles. The van der Waals surface area contributed by atoms with Gasteiger partial charge in [-0.2, -0.15) is 13.2 Å². The number of piperazine rings is 1. The molecular formula is C19H35F3IN5O. The molecule has 2 rings (SSSR count). The van der Waals surface area contributed by atoms with E-state index in [1.54, 1.807) is 0 Å². The number of amides is 1. The Bertz CT molecular complexity index is 518. The minimum atomic E-state index is -4.09. The summed E-state index contributed by atoms with van der Waals surface area (Å²) in [5.41, 5.74) is 0. The van der Waals surface area contributed by atoms with Crippen molar-refractivity contribution in [3.63, 3.8) is 0 Å². The van der Waals surface area contributed by atoms with E-state index in [9.17, 15) is 18.0 Å². The maximum absolute atomic E-state index is 12.6. The van der Waals surface area contributed by atoms with E-state index in [2.05, 4.69) is 20.1 Å². The molecule has 170 valence electrons. The zero-order chi connectivity index (χ0) is 20.6. The van der Waals surface area contributed by atoms with E-state index in [0.29, 0.717) is 19.5 Å². The molecule has 0 aromatic heterocycles. The lowest BCUT2D eigenvalue weighted by atomic mass is 10.2. The van der Waals surface area contributed by atoms with Gasteiger partial charge in [-0.05, 0) is 39.5 Å². The zero-order valence-corrected chi connectivity index (χ0v) is 19.8. The first-order valence-electron chi connectivity index (χ1n) is 10.4. The molecule has 2 heterocycles. The summed E-state index contributed by atoms with van der Waals surface area (Å²) in [7, 11) is 0. The van der Waals surface area contributed by atoms with Crippen LogP contribution in [0.5, 0.6) is 0 Å². The summed E-state index contributed by atoms with van der Waals surface area (Å²) in [5.74, 6) is 0.976. The van der Waals surface area contributed by atoms with Crippen molar-refractivity contribution in [2.45, 2.75) is 58.2 Å². The monoisotopic (exact) mass is 533 g/mol. The number of nitrogens with zero attached hydrogens (tertiary/aromatic N) is 4. The molecule has 6 nitrogen and oxygen atoms in total. The van der Waals surface area contributed by atoms with Crippen molar-refractivity contribution < 1.29 is 18.0 Å². The highest BCUT2D eigenvalue weighted by Gasteiger charge is 2.30. The lowest BCUT2D eigenvalue weighted by Gasteiger charge is -2.39. The van der Waals surface area contributed by atoms with Crippen molar-refractivity contribution in [1.82, 2.24) is 20.0 Å². The number of halogens is 4. The second kappa shape index (κ2) is 12.8. The van der Waals surface area contributed by atoms with E-state index in [-0.39, 0.29) is 42.3 Å². The first-order chi connectivity index (χ1) is 13.3. The molecule has 1 N–H and O–H groups in total. The molecule has 0 bridgehead atoms. The van der Waals surface area contributed by atoms with Crippen molar-refractivity contribution in [2.75, 3.05) is 52.4 Å². The standard InChI is InChI=1S/C19H34F3N5O.HI/c1-3-23-18(24-9-5-4-8-19(20,21)22)27-14-12-25(13-15-27)16(2)17(28)26-10-6-7-11-26;/h16H,3-15H2,1-2H3,(H,23,24);1H. The fourth-order valence-electron chi connectivity index (χ4n) is 3.73. The largest absolute Gasteiger partial charge is 0.389 e. The topological polar surface area (TPSA) is 51.2 Å². The first-order valence-corrected chi connectivity index (χ1v) is 10.4. The van der Waals surface area contributed by atoms with Crippen molar-refractivity contribution in [1.29, 1.82) is 0 Å². The fraction of sp³-hybridized carbons (Fsp3) is 0.895. The minimum absolute atomic E-state index is 0. The second-order valence-electron chi connectivity index (χ2n) is 7.54. The highest BCUT2D eigenvalue weighted by Crippen LogP contribution is 2.22. The number of hydrogen-bond acceptors (Lipinski definition) is 3. The number of carbonyl (C=O) groups is 1. The Balaban J connectivity index is 0.00000420. The minimum Gasteiger partial charge on any atom is -0.357 e. The third-order valence-electron chi connectivity index (χ3n) is 5.40. The number of aliphatic imine (C=N–C) groups is 1. The maximum atomic E-state index is 12.6. The third kappa shape index (κ3) is 8.85. The third-order valence-corrected chi connectivity index (χ3v) is 5.40. The highest BCUT2D eigenvalue weighted by atomic mass is 127. The molecule has 1 atom stereocenters. The van der Waals surface area contributed by atoms with Gasteiger partial charge in [0.1, 0.15) is 0 Å². The van der Waals surface area contributed by atoms with Gasteiger partial charge in [0.2, 0.25) is 5.91 Å². The number of rotatable bonds is 7. The molecule has 0 spiro atoms. The summed E-state index contributed by atoms with van der Waals surface area (Å²) in [6.45, 7) is 9.87. The predicted molar refractivity (Wildman–Crippen MR) is 120 cm³/mol. The molecule has 10 heteroatoms. The van der Waals surface area contributed by atoms with Crippen LogP contribution in [0.15, 0.2) is 4.99 Å². The van der Waals surface area contributed by atoms with Crippen molar-refractivity contribution in [3.05, 3.63) is 0 Å². The van der Waals surface area contributed by atoms with Crippen molar-refractivity contribution >= 4 is 35.8 Å². The predicted octanol–water partition coefficient (Wildman–Crippen LogP) is 2.93. The lowest BCUT2D eigenvalue weighted by molar-refractivity contribution is -0.136. The van der Waals surface area contributed by atoms with Gasteiger partial charge in [0, 0.05) is 58.8 Å². The van der Waals surface area contributed by atoms with Gasteiger partial charge in [-0.15, -0.1) is 24.0 Å². The first kappa shape index (κ1) is 26.3. The Kier molecular flexibility index (Phi) is 11.6. The van der Waals surface area contributed by atoms with Gasteiger partial charge in [-0.1, -0.05) is 0 Å². The van der Waals surface area contributed by atoms with Crippen LogP contribution >= 0.6 is 24.0 Å². The normalized spacial score (nSPS) is 19.8. The molecule has 29 heavy (non-hydrogen) atoms. The van der Waals surface area contributed by atoms with Crippen LogP contribution in [-0.4, -0.2) is 91.1 Å². The Hall–Kier alpha value is -0.780. The number of carbonyl (C=O) groups excluding carboxylic acids is 1. The van der Waals surface area contributed by atoms with Gasteiger partial charge < -0.3 is 15.1 Å².